The zero-order valence-electron chi connectivity index (χ0n) is 11.8. The van der Waals surface area contributed by atoms with E-state index in [9.17, 15) is 5.11 Å². The Morgan fingerprint density at radius 1 is 1.24 bits per heavy atom. The molecule has 1 heterocycles. The lowest BCUT2D eigenvalue weighted by Crippen LogP contribution is -2.07. The first-order valence-corrected chi connectivity index (χ1v) is 7.52. The predicted octanol–water partition coefficient (Wildman–Crippen LogP) is 4.18. The fourth-order valence-corrected chi connectivity index (χ4v) is 3.00. The summed E-state index contributed by atoms with van der Waals surface area (Å²) < 4.78 is 6.35. The summed E-state index contributed by atoms with van der Waals surface area (Å²) in [7, 11) is 1.62. The molecule has 0 radical (unpaired) electrons. The van der Waals surface area contributed by atoms with Crippen LogP contribution in [0.15, 0.2) is 41.9 Å². The van der Waals surface area contributed by atoms with Crippen LogP contribution in [0.5, 0.6) is 11.5 Å². The number of phenols is 1. The number of anilines is 1. The highest BCUT2D eigenvalue weighted by Gasteiger charge is 2.12. The molecular weight excluding hydrogens is 284 g/mol. The van der Waals surface area contributed by atoms with E-state index in [1.54, 1.807) is 30.6 Å². The normalized spacial score (nSPS) is 12.3. The quantitative estimate of drug-likeness (QED) is 0.759. The topological polar surface area (TPSA) is 54.4 Å². The number of methoxy groups -OCH3 is 1. The van der Waals surface area contributed by atoms with Crippen molar-refractivity contribution >= 4 is 27.2 Å². The van der Waals surface area contributed by atoms with Gasteiger partial charge in [0.2, 0.25) is 0 Å². The number of nitrogens with zero attached hydrogens (tertiary/aromatic N) is 1. The van der Waals surface area contributed by atoms with E-state index in [0.29, 0.717) is 0 Å². The van der Waals surface area contributed by atoms with E-state index in [0.717, 1.165) is 27.2 Å². The lowest BCUT2D eigenvalue weighted by molar-refractivity contribution is 0.410. The highest BCUT2D eigenvalue weighted by atomic mass is 32.1. The maximum absolute atomic E-state index is 10.0. The molecule has 1 atom stereocenters. The number of hydrogen-bond acceptors (Lipinski definition) is 5. The molecule has 4 nitrogen and oxygen atoms in total. The average molecular weight is 300 g/mol. The molecule has 3 rings (SSSR count). The van der Waals surface area contributed by atoms with Crippen LogP contribution in [-0.4, -0.2) is 17.2 Å². The van der Waals surface area contributed by atoms with Crippen molar-refractivity contribution in [2.45, 2.75) is 13.0 Å². The largest absolute Gasteiger partial charge is 0.508 e. The van der Waals surface area contributed by atoms with Crippen molar-refractivity contribution in [2.24, 2.45) is 0 Å². The molecule has 21 heavy (non-hydrogen) atoms. The fraction of sp³-hybridized carbons (Fsp3) is 0.188. The van der Waals surface area contributed by atoms with Crippen molar-refractivity contribution in [3.8, 4) is 11.5 Å². The summed E-state index contributed by atoms with van der Waals surface area (Å²) in [6, 6.07) is 11.3. The summed E-state index contributed by atoms with van der Waals surface area (Å²) >= 11 is 1.61. The van der Waals surface area contributed by atoms with E-state index < -0.39 is 0 Å². The van der Waals surface area contributed by atoms with Gasteiger partial charge in [0.25, 0.3) is 0 Å². The van der Waals surface area contributed by atoms with Gasteiger partial charge in [-0.15, -0.1) is 11.3 Å². The van der Waals surface area contributed by atoms with E-state index >= 15 is 0 Å². The average Bonchev–Trinajstić information content (AvgIpc) is 2.95. The summed E-state index contributed by atoms with van der Waals surface area (Å²) in [6.45, 7) is 2.01. The fourth-order valence-electron chi connectivity index (χ4n) is 2.28. The Morgan fingerprint density at radius 3 is 2.90 bits per heavy atom. The molecule has 0 fully saturated rings. The molecule has 0 amide bonds. The number of hydrogen-bond donors (Lipinski definition) is 2. The van der Waals surface area contributed by atoms with Gasteiger partial charge in [-0.05, 0) is 43.3 Å². The van der Waals surface area contributed by atoms with Gasteiger partial charge in [-0.3, -0.25) is 0 Å². The third-order valence-corrected chi connectivity index (χ3v) is 4.21. The minimum absolute atomic E-state index is 0.0366. The minimum atomic E-state index is -0.0366. The van der Waals surface area contributed by atoms with E-state index in [1.807, 2.05) is 30.6 Å². The summed E-state index contributed by atoms with van der Waals surface area (Å²) in [5.74, 6) is 0.990. The van der Waals surface area contributed by atoms with Crippen molar-refractivity contribution in [2.75, 3.05) is 12.4 Å². The van der Waals surface area contributed by atoms with Gasteiger partial charge in [0.1, 0.15) is 11.5 Å². The first-order chi connectivity index (χ1) is 10.2. The van der Waals surface area contributed by atoms with E-state index in [1.165, 1.54) is 0 Å². The Morgan fingerprint density at radius 2 is 2.10 bits per heavy atom. The molecule has 0 aliphatic rings. The van der Waals surface area contributed by atoms with Gasteiger partial charge >= 0.3 is 0 Å². The first kappa shape index (κ1) is 13.7. The van der Waals surface area contributed by atoms with Crippen LogP contribution in [0.4, 0.5) is 5.69 Å². The Kier molecular flexibility index (Phi) is 3.66. The van der Waals surface area contributed by atoms with Crippen molar-refractivity contribution < 1.29 is 9.84 Å². The zero-order valence-corrected chi connectivity index (χ0v) is 12.6. The summed E-state index contributed by atoms with van der Waals surface area (Å²) in [4.78, 5) is 4.27. The standard InChI is InChI=1S/C16H16N2O2S/c1-10(13-8-12(20-2)4-6-15(13)19)18-11-3-5-14-16(7-11)21-9-17-14/h3-10,18-19H,1-2H3. The SMILES string of the molecule is COc1ccc(O)c(C(C)Nc2ccc3ncsc3c2)c1. The van der Waals surface area contributed by atoms with Gasteiger partial charge in [-0.1, -0.05) is 0 Å². The number of aromatic nitrogens is 1. The minimum Gasteiger partial charge on any atom is -0.508 e. The molecule has 0 aliphatic carbocycles. The maximum Gasteiger partial charge on any atom is 0.121 e. The van der Waals surface area contributed by atoms with Gasteiger partial charge in [0.15, 0.2) is 0 Å². The van der Waals surface area contributed by atoms with Crippen LogP contribution in [0, 0.1) is 0 Å². The highest BCUT2D eigenvalue weighted by molar-refractivity contribution is 7.16. The number of benzene rings is 2. The molecule has 0 saturated heterocycles. The molecule has 2 N–H and O–H groups in total. The molecule has 3 aromatic rings. The third-order valence-electron chi connectivity index (χ3n) is 3.42. The smallest absolute Gasteiger partial charge is 0.121 e. The Balaban J connectivity index is 1.86. The first-order valence-electron chi connectivity index (χ1n) is 6.64. The molecule has 2 aromatic carbocycles. The van der Waals surface area contributed by atoms with E-state index in [-0.39, 0.29) is 11.8 Å². The van der Waals surface area contributed by atoms with Gasteiger partial charge in [0.05, 0.1) is 28.9 Å². The Bertz CT molecular complexity index is 770. The summed E-state index contributed by atoms with van der Waals surface area (Å²) in [5, 5.41) is 13.4. The van der Waals surface area contributed by atoms with Gasteiger partial charge in [-0.2, -0.15) is 0 Å². The monoisotopic (exact) mass is 300 g/mol. The number of rotatable bonds is 4. The lowest BCUT2D eigenvalue weighted by atomic mass is 10.1. The maximum atomic E-state index is 10.0. The number of fused-ring (bicyclic) bond motifs is 1. The van der Waals surface area contributed by atoms with Crippen molar-refractivity contribution in [1.29, 1.82) is 0 Å². The van der Waals surface area contributed by atoms with Crippen LogP contribution in [0.25, 0.3) is 10.2 Å². The van der Waals surface area contributed by atoms with Crippen LogP contribution in [-0.2, 0) is 0 Å². The van der Waals surface area contributed by atoms with E-state index in [4.69, 9.17) is 4.74 Å². The molecule has 108 valence electrons. The van der Waals surface area contributed by atoms with Crippen LogP contribution in [0.3, 0.4) is 0 Å². The van der Waals surface area contributed by atoms with Crippen LogP contribution >= 0.6 is 11.3 Å². The zero-order chi connectivity index (χ0) is 14.8. The highest BCUT2D eigenvalue weighted by Crippen LogP contribution is 2.31. The Hall–Kier alpha value is -2.27. The van der Waals surface area contributed by atoms with Gasteiger partial charge in [-0.25, -0.2) is 4.98 Å². The second kappa shape index (κ2) is 5.61. The van der Waals surface area contributed by atoms with Gasteiger partial charge in [0, 0.05) is 11.3 Å². The second-order valence-corrected chi connectivity index (χ2v) is 5.71. The third kappa shape index (κ3) is 2.78. The molecule has 0 aliphatic heterocycles. The van der Waals surface area contributed by atoms with E-state index in [2.05, 4.69) is 16.4 Å². The van der Waals surface area contributed by atoms with Crippen molar-refractivity contribution in [3.05, 3.63) is 47.5 Å². The molecule has 1 unspecified atom stereocenters. The molecule has 0 bridgehead atoms. The summed E-state index contributed by atoms with van der Waals surface area (Å²) in [6.07, 6.45) is 0. The molecular formula is C16H16N2O2S. The number of aromatic hydroxyl groups is 1. The van der Waals surface area contributed by atoms with Crippen molar-refractivity contribution in [1.82, 2.24) is 4.98 Å². The molecule has 5 heteroatoms. The molecule has 0 spiro atoms. The predicted molar refractivity (Wildman–Crippen MR) is 86.3 cm³/mol. The number of phenolic OH excluding ortho intramolecular Hbond substituents is 1. The number of nitrogens with one attached hydrogen (secondary N) is 1. The second-order valence-electron chi connectivity index (χ2n) is 4.83. The van der Waals surface area contributed by atoms with Gasteiger partial charge < -0.3 is 15.2 Å². The molecule has 1 aromatic heterocycles. The van der Waals surface area contributed by atoms with Crippen LogP contribution < -0.4 is 10.1 Å². The van der Waals surface area contributed by atoms with Crippen molar-refractivity contribution in [3.63, 3.8) is 0 Å². The number of ether oxygens (including phenoxy) is 1. The van der Waals surface area contributed by atoms with Crippen LogP contribution in [0.2, 0.25) is 0 Å². The lowest BCUT2D eigenvalue weighted by Gasteiger charge is -2.17. The number of thiazole rings is 1. The Labute approximate surface area is 127 Å². The van der Waals surface area contributed by atoms with Crippen LogP contribution in [0.1, 0.15) is 18.5 Å². The molecule has 0 saturated carbocycles. The summed E-state index contributed by atoms with van der Waals surface area (Å²) in [5.41, 5.74) is 4.65.